The number of nitrogens with zero attached hydrogens (tertiary/aromatic N) is 1. The fraction of sp³-hybridized carbons (Fsp3) is 0.600. The van der Waals surface area contributed by atoms with Gasteiger partial charge in [-0.1, -0.05) is 13.8 Å². The first-order chi connectivity index (χ1) is 9.50. The van der Waals surface area contributed by atoms with Crippen molar-refractivity contribution >= 4 is 11.4 Å². The summed E-state index contributed by atoms with van der Waals surface area (Å²) in [5, 5.41) is 14.2. The number of benzene rings is 1. The highest BCUT2D eigenvalue weighted by Crippen LogP contribution is 2.52. The molecule has 2 fully saturated rings. The van der Waals surface area contributed by atoms with Gasteiger partial charge in [0.1, 0.15) is 0 Å². The molecule has 0 amide bonds. The van der Waals surface area contributed by atoms with Crippen LogP contribution in [-0.4, -0.2) is 23.7 Å². The van der Waals surface area contributed by atoms with Crippen molar-refractivity contribution in [2.45, 2.75) is 38.8 Å². The van der Waals surface area contributed by atoms with E-state index in [0.717, 1.165) is 18.7 Å². The summed E-state index contributed by atoms with van der Waals surface area (Å²) in [5.74, 6) is 0.550. The summed E-state index contributed by atoms with van der Waals surface area (Å²) in [6.07, 6.45) is 2.65. The number of anilines is 1. The van der Waals surface area contributed by atoms with Crippen molar-refractivity contribution in [1.29, 1.82) is 0 Å². The Bertz CT molecular complexity index is 512. The minimum Gasteiger partial charge on any atom is -0.381 e. The topological polar surface area (TPSA) is 64.4 Å². The van der Waals surface area contributed by atoms with Crippen LogP contribution in [0.5, 0.6) is 0 Å². The van der Waals surface area contributed by atoms with Crippen LogP contribution in [0.4, 0.5) is 11.4 Å². The molecule has 1 heterocycles. The maximum absolute atomic E-state index is 10.7. The Hall–Kier alpha value is -1.62. The summed E-state index contributed by atoms with van der Waals surface area (Å²) in [5.41, 5.74) is 1.17. The smallest absolute Gasteiger partial charge is 0.269 e. The number of rotatable bonds is 3. The van der Waals surface area contributed by atoms with E-state index in [2.05, 4.69) is 19.2 Å². The molecule has 1 aliphatic carbocycles. The molecule has 1 aromatic rings. The molecule has 108 valence electrons. The Morgan fingerprint density at radius 1 is 1.35 bits per heavy atom. The number of fused-ring (bicyclic) bond motifs is 1. The SMILES string of the molecule is CC1(C)C(Nc2ccc([N+](=O)[O-])cc2)C2CCCOC21. The second-order valence-electron chi connectivity index (χ2n) is 6.34. The molecule has 5 nitrogen and oxygen atoms in total. The molecule has 1 aliphatic heterocycles. The molecule has 0 bridgehead atoms. The maximum atomic E-state index is 10.7. The van der Waals surface area contributed by atoms with E-state index >= 15 is 0 Å². The van der Waals surface area contributed by atoms with Gasteiger partial charge >= 0.3 is 0 Å². The van der Waals surface area contributed by atoms with E-state index < -0.39 is 0 Å². The zero-order chi connectivity index (χ0) is 14.3. The van der Waals surface area contributed by atoms with Crippen molar-refractivity contribution in [1.82, 2.24) is 0 Å². The number of nitro benzene ring substituents is 1. The zero-order valence-corrected chi connectivity index (χ0v) is 11.8. The van der Waals surface area contributed by atoms with Crippen molar-refractivity contribution in [3.63, 3.8) is 0 Å². The van der Waals surface area contributed by atoms with Gasteiger partial charge in [0.05, 0.1) is 11.0 Å². The van der Waals surface area contributed by atoms with E-state index in [1.807, 2.05) is 0 Å². The molecule has 0 aromatic heterocycles. The minimum absolute atomic E-state index is 0.104. The standard InChI is InChI=1S/C15H20N2O3/c1-15(2)13(12-4-3-9-20-14(12)15)16-10-5-7-11(8-6-10)17(18)19/h5-8,12-14,16H,3-4,9H2,1-2H3. The van der Waals surface area contributed by atoms with Gasteiger partial charge < -0.3 is 10.1 Å². The van der Waals surface area contributed by atoms with Gasteiger partial charge in [-0.15, -0.1) is 0 Å². The monoisotopic (exact) mass is 276 g/mol. The number of non-ortho nitro benzene ring substituents is 1. The molecule has 1 saturated carbocycles. The van der Waals surface area contributed by atoms with Crippen molar-refractivity contribution in [3.8, 4) is 0 Å². The highest BCUT2D eigenvalue weighted by atomic mass is 16.6. The molecular weight excluding hydrogens is 256 g/mol. The van der Waals surface area contributed by atoms with Crippen LogP contribution in [0.25, 0.3) is 0 Å². The van der Waals surface area contributed by atoms with E-state index in [1.54, 1.807) is 24.3 Å². The molecule has 3 atom stereocenters. The lowest BCUT2D eigenvalue weighted by molar-refractivity contribution is -0.384. The van der Waals surface area contributed by atoms with Crippen LogP contribution >= 0.6 is 0 Å². The quantitative estimate of drug-likeness (QED) is 0.680. The van der Waals surface area contributed by atoms with Gasteiger partial charge in [-0.05, 0) is 25.0 Å². The number of ether oxygens (including phenoxy) is 1. The average molecular weight is 276 g/mol. The van der Waals surface area contributed by atoms with Crippen LogP contribution in [0.2, 0.25) is 0 Å². The first-order valence-electron chi connectivity index (χ1n) is 7.13. The fourth-order valence-electron chi connectivity index (χ4n) is 3.67. The lowest BCUT2D eigenvalue weighted by atomic mass is 9.55. The lowest BCUT2D eigenvalue weighted by Crippen LogP contribution is -2.67. The summed E-state index contributed by atoms with van der Waals surface area (Å²) in [4.78, 5) is 10.3. The summed E-state index contributed by atoms with van der Waals surface area (Å²) in [6, 6.07) is 7.02. The Morgan fingerprint density at radius 2 is 2.05 bits per heavy atom. The van der Waals surface area contributed by atoms with Gasteiger partial charge in [-0.25, -0.2) is 0 Å². The van der Waals surface area contributed by atoms with Gasteiger partial charge in [-0.3, -0.25) is 10.1 Å². The Morgan fingerprint density at radius 3 is 2.70 bits per heavy atom. The van der Waals surface area contributed by atoms with E-state index in [4.69, 9.17) is 4.74 Å². The Kier molecular flexibility index (Phi) is 3.17. The molecular formula is C15H20N2O3. The molecule has 20 heavy (non-hydrogen) atoms. The third kappa shape index (κ3) is 2.06. The first-order valence-corrected chi connectivity index (χ1v) is 7.13. The molecule has 3 rings (SSSR count). The molecule has 2 aliphatic rings. The number of nitro groups is 1. The highest BCUT2D eigenvalue weighted by Gasteiger charge is 2.57. The Balaban J connectivity index is 1.72. The molecule has 0 spiro atoms. The van der Waals surface area contributed by atoms with E-state index in [9.17, 15) is 10.1 Å². The summed E-state index contributed by atoms with van der Waals surface area (Å²) >= 11 is 0. The molecule has 1 aromatic carbocycles. The number of hydrogen-bond acceptors (Lipinski definition) is 4. The van der Waals surface area contributed by atoms with Crippen LogP contribution in [0, 0.1) is 21.4 Å². The van der Waals surface area contributed by atoms with E-state index in [-0.39, 0.29) is 16.0 Å². The minimum atomic E-state index is -0.373. The Labute approximate surface area is 118 Å². The van der Waals surface area contributed by atoms with Crippen LogP contribution in [0.1, 0.15) is 26.7 Å². The van der Waals surface area contributed by atoms with Crippen LogP contribution in [0.3, 0.4) is 0 Å². The lowest BCUT2D eigenvalue weighted by Gasteiger charge is -2.60. The molecule has 1 saturated heterocycles. The normalized spacial score (nSPS) is 31.0. The molecule has 3 unspecified atom stereocenters. The van der Waals surface area contributed by atoms with Crippen molar-refractivity contribution in [3.05, 3.63) is 34.4 Å². The maximum Gasteiger partial charge on any atom is 0.269 e. The molecule has 1 N–H and O–H groups in total. The highest BCUT2D eigenvalue weighted by molar-refractivity contribution is 5.50. The van der Waals surface area contributed by atoms with Crippen LogP contribution < -0.4 is 5.32 Å². The average Bonchev–Trinajstić information content (AvgIpc) is 2.45. The first kappa shape index (κ1) is 13.4. The van der Waals surface area contributed by atoms with Crippen molar-refractivity contribution in [2.24, 2.45) is 11.3 Å². The third-order valence-corrected chi connectivity index (χ3v) is 4.73. The van der Waals surface area contributed by atoms with Crippen molar-refractivity contribution < 1.29 is 9.66 Å². The summed E-state index contributed by atoms with van der Waals surface area (Å²) < 4.78 is 5.88. The van der Waals surface area contributed by atoms with E-state index in [1.165, 1.54) is 6.42 Å². The van der Waals surface area contributed by atoms with E-state index in [0.29, 0.717) is 18.1 Å². The zero-order valence-electron chi connectivity index (χ0n) is 11.8. The van der Waals surface area contributed by atoms with Gasteiger partial charge in [-0.2, -0.15) is 0 Å². The van der Waals surface area contributed by atoms with Gasteiger partial charge in [0, 0.05) is 41.8 Å². The van der Waals surface area contributed by atoms with Gasteiger partial charge in [0.2, 0.25) is 0 Å². The molecule has 5 heteroatoms. The fourth-order valence-corrected chi connectivity index (χ4v) is 3.67. The second kappa shape index (κ2) is 4.74. The number of nitrogens with one attached hydrogen (secondary N) is 1. The summed E-state index contributed by atoms with van der Waals surface area (Å²) in [6.45, 7) is 5.32. The van der Waals surface area contributed by atoms with Crippen LogP contribution in [-0.2, 0) is 4.74 Å². The second-order valence-corrected chi connectivity index (χ2v) is 6.34. The summed E-state index contributed by atoms with van der Waals surface area (Å²) in [7, 11) is 0. The molecule has 0 radical (unpaired) electrons. The predicted molar refractivity (Wildman–Crippen MR) is 76.8 cm³/mol. The van der Waals surface area contributed by atoms with Crippen molar-refractivity contribution in [2.75, 3.05) is 11.9 Å². The van der Waals surface area contributed by atoms with Crippen LogP contribution in [0.15, 0.2) is 24.3 Å². The van der Waals surface area contributed by atoms with Gasteiger partial charge in [0.15, 0.2) is 0 Å². The van der Waals surface area contributed by atoms with Gasteiger partial charge in [0.25, 0.3) is 5.69 Å². The predicted octanol–water partition coefficient (Wildman–Crippen LogP) is 3.21. The largest absolute Gasteiger partial charge is 0.381 e. The third-order valence-electron chi connectivity index (χ3n) is 4.73. The number of hydrogen-bond donors (Lipinski definition) is 1.